The summed E-state index contributed by atoms with van der Waals surface area (Å²) in [5.74, 6) is -0.0406. The predicted molar refractivity (Wildman–Crippen MR) is 67.7 cm³/mol. The van der Waals surface area contributed by atoms with Crippen molar-refractivity contribution in [1.29, 1.82) is 0 Å². The SMILES string of the molecule is Cn1cc(Oc2c(Cl)cc(N)cc2C(N)=O)cn1. The first kappa shape index (κ1) is 12.3. The van der Waals surface area contributed by atoms with E-state index in [1.807, 2.05) is 0 Å². The molecule has 0 fully saturated rings. The molecular formula is C11H11ClN4O2. The Kier molecular flexibility index (Phi) is 3.12. The Balaban J connectivity index is 2.46. The highest BCUT2D eigenvalue weighted by Gasteiger charge is 2.16. The van der Waals surface area contributed by atoms with Crippen molar-refractivity contribution in [3.8, 4) is 11.5 Å². The Morgan fingerprint density at radius 1 is 1.50 bits per heavy atom. The minimum absolute atomic E-state index is 0.129. The molecule has 0 radical (unpaired) electrons. The second kappa shape index (κ2) is 4.58. The van der Waals surface area contributed by atoms with Crippen LogP contribution in [0.3, 0.4) is 0 Å². The predicted octanol–water partition coefficient (Wildman–Crippen LogP) is 1.55. The van der Waals surface area contributed by atoms with Crippen LogP contribution in [0.2, 0.25) is 5.02 Å². The topological polar surface area (TPSA) is 96.2 Å². The summed E-state index contributed by atoms with van der Waals surface area (Å²) in [7, 11) is 1.74. The number of anilines is 1. The van der Waals surface area contributed by atoms with Crippen LogP contribution in [-0.4, -0.2) is 15.7 Å². The molecule has 6 nitrogen and oxygen atoms in total. The van der Waals surface area contributed by atoms with E-state index < -0.39 is 5.91 Å². The number of aromatic nitrogens is 2. The molecule has 94 valence electrons. The largest absolute Gasteiger partial charge is 0.452 e. The number of halogens is 1. The van der Waals surface area contributed by atoms with Gasteiger partial charge in [-0.3, -0.25) is 9.48 Å². The van der Waals surface area contributed by atoms with Gasteiger partial charge in [-0.15, -0.1) is 0 Å². The van der Waals surface area contributed by atoms with Crippen LogP contribution in [0.25, 0.3) is 0 Å². The monoisotopic (exact) mass is 266 g/mol. The number of benzene rings is 1. The Hall–Kier alpha value is -2.21. The van der Waals surface area contributed by atoms with Crippen molar-refractivity contribution in [1.82, 2.24) is 9.78 Å². The third-order valence-electron chi connectivity index (χ3n) is 2.23. The number of rotatable bonds is 3. The average molecular weight is 267 g/mol. The van der Waals surface area contributed by atoms with Gasteiger partial charge in [-0.1, -0.05) is 11.6 Å². The minimum Gasteiger partial charge on any atom is -0.452 e. The lowest BCUT2D eigenvalue weighted by Crippen LogP contribution is -2.13. The molecule has 4 N–H and O–H groups in total. The highest BCUT2D eigenvalue weighted by molar-refractivity contribution is 6.33. The maximum atomic E-state index is 11.3. The zero-order valence-electron chi connectivity index (χ0n) is 9.55. The van der Waals surface area contributed by atoms with Gasteiger partial charge in [0.25, 0.3) is 5.91 Å². The molecule has 2 aromatic rings. The van der Waals surface area contributed by atoms with Gasteiger partial charge >= 0.3 is 0 Å². The van der Waals surface area contributed by atoms with E-state index in [0.717, 1.165) is 0 Å². The molecule has 2 rings (SSSR count). The Labute approximate surface area is 108 Å². The number of hydrogen-bond donors (Lipinski definition) is 2. The summed E-state index contributed by atoms with van der Waals surface area (Å²) in [6, 6.07) is 2.90. The van der Waals surface area contributed by atoms with Crippen LogP contribution in [0, 0.1) is 0 Å². The smallest absolute Gasteiger partial charge is 0.252 e. The first-order chi connectivity index (χ1) is 8.47. The molecule has 0 saturated heterocycles. The number of nitrogen functional groups attached to an aromatic ring is 1. The molecule has 0 aliphatic heterocycles. The number of primary amides is 1. The van der Waals surface area contributed by atoms with Gasteiger partial charge in [-0.05, 0) is 12.1 Å². The molecule has 0 aliphatic rings. The molecule has 18 heavy (non-hydrogen) atoms. The van der Waals surface area contributed by atoms with Gasteiger partial charge in [0, 0.05) is 12.7 Å². The van der Waals surface area contributed by atoms with Crippen molar-refractivity contribution >= 4 is 23.2 Å². The number of carbonyl (C=O) groups is 1. The van der Waals surface area contributed by atoms with Crippen LogP contribution in [0.4, 0.5) is 5.69 Å². The summed E-state index contributed by atoms with van der Waals surface area (Å²) in [5.41, 5.74) is 11.3. The summed E-state index contributed by atoms with van der Waals surface area (Å²) >= 11 is 6.00. The highest BCUT2D eigenvalue weighted by atomic mass is 35.5. The van der Waals surface area contributed by atoms with Crippen molar-refractivity contribution in [2.45, 2.75) is 0 Å². The number of hydrogen-bond acceptors (Lipinski definition) is 4. The molecule has 0 saturated carbocycles. The summed E-state index contributed by atoms with van der Waals surface area (Å²) in [4.78, 5) is 11.3. The number of aryl methyl sites for hydroxylation is 1. The second-order valence-corrected chi connectivity index (χ2v) is 4.10. The Morgan fingerprint density at radius 3 is 2.78 bits per heavy atom. The Bertz CT molecular complexity index is 609. The van der Waals surface area contributed by atoms with E-state index >= 15 is 0 Å². The van der Waals surface area contributed by atoms with Crippen molar-refractivity contribution in [2.24, 2.45) is 12.8 Å². The van der Waals surface area contributed by atoms with Gasteiger partial charge in [0.1, 0.15) is 0 Å². The van der Waals surface area contributed by atoms with Crippen LogP contribution in [-0.2, 0) is 7.05 Å². The third kappa shape index (κ3) is 2.38. The molecule has 1 aromatic heterocycles. The van der Waals surface area contributed by atoms with E-state index in [9.17, 15) is 4.79 Å². The molecule has 0 aliphatic carbocycles. The van der Waals surface area contributed by atoms with Crippen molar-refractivity contribution in [3.05, 3.63) is 35.1 Å². The van der Waals surface area contributed by atoms with Crippen LogP contribution in [0.15, 0.2) is 24.5 Å². The van der Waals surface area contributed by atoms with Crippen molar-refractivity contribution < 1.29 is 9.53 Å². The second-order valence-electron chi connectivity index (χ2n) is 3.70. The van der Waals surface area contributed by atoms with Gasteiger partial charge in [-0.25, -0.2) is 0 Å². The number of carbonyl (C=O) groups excluding carboxylic acids is 1. The van der Waals surface area contributed by atoms with Gasteiger partial charge in [0.05, 0.1) is 23.0 Å². The molecular weight excluding hydrogens is 256 g/mol. The normalized spacial score (nSPS) is 10.3. The third-order valence-corrected chi connectivity index (χ3v) is 2.51. The van der Waals surface area contributed by atoms with E-state index in [1.54, 1.807) is 17.9 Å². The standard InChI is InChI=1S/C11H11ClN4O2/c1-16-5-7(4-15-16)18-10-8(11(14)17)2-6(13)3-9(10)12/h2-5H,13H2,1H3,(H2,14,17). The van der Waals surface area contributed by atoms with Gasteiger partial charge in [-0.2, -0.15) is 5.10 Å². The molecule has 7 heteroatoms. The van der Waals surface area contributed by atoms with Gasteiger partial charge < -0.3 is 16.2 Å². The zero-order chi connectivity index (χ0) is 13.3. The number of nitrogens with zero attached hydrogens (tertiary/aromatic N) is 2. The fourth-order valence-electron chi connectivity index (χ4n) is 1.47. The minimum atomic E-state index is -0.664. The maximum absolute atomic E-state index is 11.3. The van der Waals surface area contributed by atoms with E-state index in [2.05, 4.69) is 5.10 Å². The Morgan fingerprint density at radius 2 is 2.22 bits per heavy atom. The maximum Gasteiger partial charge on any atom is 0.252 e. The van der Waals surface area contributed by atoms with Crippen molar-refractivity contribution in [3.63, 3.8) is 0 Å². The number of nitrogens with two attached hydrogens (primary N) is 2. The molecule has 0 atom stereocenters. The molecule has 1 aromatic carbocycles. The lowest BCUT2D eigenvalue weighted by molar-refractivity contribution is 0.0998. The quantitative estimate of drug-likeness (QED) is 0.824. The molecule has 0 bridgehead atoms. The molecule has 0 unspecified atom stereocenters. The lowest BCUT2D eigenvalue weighted by atomic mass is 10.1. The zero-order valence-corrected chi connectivity index (χ0v) is 10.3. The first-order valence-corrected chi connectivity index (χ1v) is 5.40. The fourth-order valence-corrected chi connectivity index (χ4v) is 1.74. The van der Waals surface area contributed by atoms with E-state index in [-0.39, 0.29) is 16.3 Å². The van der Waals surface area contributed by atoms with Gasteiger partial charge in [0.15, 0.2) is 11.5 Å². The molecule has 1 heterocycles. The van der Waals surface area contributed by atoms with Crippen LogP contribution in [0.1, 0.15) is 10.4 Å². The highest BCUT2D eigenvalue weighted by Crippen LogP contribution is 2.34. The van der Waals surface area contributed by atoms with Crippen molar-refractivity contribution in [2.75, 3.05) is 5.73 Å². The van der Waals surface area contributed by atoms with E-state index in [1.165, 1.54) is 18.3 Å². The molecule has 1 amide bonds. The van der Waals surface area contributed by atoms with Gasteiger partial charge in [0.2, 0.25) is 0 Å². The number of ether oxygens (including phenoxy) is 1. The van der Waals surface area contributed by atoms with E-state index in [4.69, 9.17) is 27.8 Å². The number of amides is 1. The summed E-state index contributed by atoms with van der Waals surface area (Å²) in [6.07, 6.45) is 3.13. The van der Waals surface area contributed by atoms with Crippen LogP contribution in [0.5, 0.6) is 11.5 Å². The fraction of sp³-hybridized carbons (Fsp3) is 0.0909. The first-order valence-electron chi connectivity index (χ1n) is 5.02. The summed E-state index contributed by atoms with van der Waals surface area (Å²) in [6.45, 7) is 0. The summed E-state index contributed by atoms with van der Waals surface area (Å²) in [5, 5.41) is 4.16. The van der Waals surface area contributed by atoms with Crippen LogP contribution < -0.4 is 16.2 Å². The van der Waals surface area contributed by atoms with E-state index in [0.29, 0.717) is 11.4 Å². The summed E-state index contributed by atoms with van der Waals surface area (Å²) < 4.78 is 7.07. The average Bonchev–Trinajstić information content (AvgIpc) is 2.67. The lowest BCUT2D eigenvalue weighted by Gasteiger charge is -2.10. The molecule has 0 spiro atoms. The van der Waals surface area contributed by atoms with Crippen LogP contribution >= 0.6 is 11.6 Å².